The molecule has 0 aliphatic carbocycles. The lowest BCUT2D eigenvalue weighted by atomic mass is 10.1. The molecule has 0 aromatic heterocycles. The Morgan fingerprint density at radius 2 is 1.88 bits per heavy atom. The van der Waals surface area contributed by atoms with Crippen LogP contribution in [0.2, 0.25) is 0 Å². The van der Waals surface area contributed by atoms with E-state index >= 15 is 0 Å². The topological polar surface area (TPSA) is 88.9 Å². The van der Waals surface area contributed by atoms with Gasteiger partial charge in [0.2, 0.25) is 0 Å². The number of benzene rings is 2. The normalized spacial score (nSPS) is 12.4. The molecule has 0 saturated heterocycles. The highest BCUT2D eigenvalue weighted by Gasteiger charge is 2.21. The summed E-state index contributed by atoms with van der Waals surface area (Å²) in [6.45, 7) is 0.773. The van der Waals surface area contributed by atoms with Crippen LogP contribution in [0.1, 0.15) is 31.8 Å². The lowest BCUT2D eigenvalue weighted by Gasteiger charge is -2.31. The molecule has 132 valence electrons. The largest absolute Gasteiger partial charge is 0.473 e. The van der Waals surface area contributed by atoms with E-state index in [4.69, 9.17) is 9.47 Å². The van der Waals surface area contributed by atoms with Crippen LogP contribution in [0.4, 0.5) is 5.69 Å². The Morgan fingerprint density at radius 3 is 2.58 bits per heavy atom. The molecule has 0 radical (unpaired) electrons. The van der Waals surface area contributed by atoms with E-state index < -0.39 is 11.9 Å². The van der Waals surface area contributed by atoms with Gasteiger partial charge in [-0.25, -0.2) is 9.59 Å². The lowest BCUT2D eigenvalue weighted by molar-refractivity contribution is 0.0591. The van der Waals surface area contributed by atoms with Gasteiger partial charge >= 0.3 is 11.9 Å². The van der Waals surface area contributed by atoms with E-state index in [1.807, 2.05) is 11.0 Å². The van der Waals surface area contributed by atoms with Crippen LogP contribution in [0, 0.1) is 11.3 Å². The Labute approximate surface area is 150 Å². The Kier molecular flexibility index (Phi) is 4.76. The fraction of sp³-hybridized carbons (Fsp3) is 0.211. The summed E-state index contributed by atoms with van der Waals surface area (Å²) in [7, 11) is 2.60. The van der Waals surface area contributed by atoms with Crippen LogP contribution < -0.4 is 9.64 Å². The van der Waals surface area contributed by atoms with Crippen LogP contribution in [-0.4, -0.2) is 32.9 Å². The number of carbonyl (C=O) groups excluding carboxylic acids is 2. The second kappa shape index (κ2) is 7.15. The first-order chi connectivity index (χ1) is 12.6. The van der Waals surface area contributed by atoms with Gasteiger partial charge in [0, 0.05) is 17.8 Å². The van der Waals surface area contributed by atoms with Crippen molar-refractivity contribution in [2.45, 2.75) is 6.54 Å². The van der Waals surface area contributed by atoms with Crippen molar-refractivity contribution in [1.82, 2.24) is 0 Å². The molecule has 0 spiro atoms. The minimum Gasteiger partial charge on any atom is -0.473 e. The second-order valence-corrected chi connectivity index (χ2v) is 5.62. The van der Waals surface area contributed by atoms with Gasteiger partial charge in [-0.15, -0.1) is 0 Å². The molecule has 0 N–H and O–H groups in total. The molecule has 1 heterocycles. The van der Waals surface area contributed by atoms with Gasteiger partial charge < -0.3 is 19.1 Å². The number of esters is 2. The summed E-state index contributed by atoms with van der Waals surface area (Å²) in [6, 6.07) is 12.0. The molecule has 26 heavy (non-hydrogen) atoms. The third-order valence-corrected chi connectivity index (χ3v) is 4.11. The number of hydrogen-bond acceptors (Lipinski definition) is 7. The van der Waals surface area contributed by atoms with Gasteiger partial charge in [0.05, 0.1) is 30.9 Å². The zero-order valence-electron chi connectivity index (χ0n) is 14.3. The Bertz CT molecular complexity index is 917. The first kappa shape index (κ1) is 17.3. The maximum atomic E-state index is 11.7. The van der Waals surface area contributed by atoms with Crippen LogP contribution in [0.3, 0.4) is 0 Å². The monoisotopic (exact) mass is 352 g/mol. The summed E-state index contributed by atoms with van der Waals surface area (Å²) in [5.41, 5.74) is 2.43. The molecular formula is C19H16N2O5. The summed E-state index contributed by atoms with van der Waals surface area (Å²) in [4.78, 5) is 25.3. The van der Waals surface area contributed by atoms with Crippen molar-refractivity contribution in [2.24, 2.45) is 0 Å². The number of ether oxygens (including phenoxy) is 3. The molecule has 0 atom stereocenters. The number of nitriles is 1. The summed E-state index contributed by atoms with van der Waals surface area (Å²) >= 11 is 0. The van der Waals surface area contributed by atoms with E-state index in [0.29, 0.717) is 17.9 Å². The van der Waals surface area contributed by atoms with Gasteiger partial charge in [0.25, 0.3) is 0 Å². The number of hydrogen-bond donors (Lipinski definition) is 0. The molecule has 1 aliphatic rings. The number of anilines is 1. The van der Waals surface area contributed by atoms with Gasteiger partial charge in [0.15, 0.2) is 6.73 Å². The molecule has 0 unspecified atom stereocenters. The van der Waals surface area contributed by atoms with Crippen molar-refractivity contribution in [3.63, 3.8) is 0 Å². The molecular weight excluding hydrogens is 336 g/mol. The fourth-order valence-corrected chi connectivity index (χ4v) is 2.76. The summed E-state index contributed by atoms with van der Waals surface area (Å²) < 4.78 is 15.2. The average molecular weight is 352 g/mol. The van der Waals surface area contributed by atoms with Crippen LogP contribution in [0.25, 0.3) is 0 Å². The van der Waals surface area contributed by atoms with E-state index in [-0.39, 0.29) is 17.9 Å². The molecule has 0 bridgehead atoms. The van der Waals surface area contributed by atoms with Crippen molar-refractivity contribution in [2.75, 3.05) is 25.9 Å². The van der Waals surface area contributed by atoms with E-state index in [9.17, 15) is 14.9 Å². The molecule has 3 rings (SSSR count). The predicted molar refractivity (Wildman–Crippen MR) is 92.0 cm³/mol. The highest BCUT2D eigenvalue weighted by molar-refractivity contribution is 5.93. The lowest BCUT2D eigenvalue weighted by Crippen LogP contribution is -2.32. The predicted octanol–water partition coefficient (Wildman–Crippen LogP) is 2.49. The van der Waals surface area contributed by atoms with Crippen LogP contribution in [0.15, 0.2) is 36.4 Å². The molecule has 0 amide bonds. The van der Waals surface area contributed by atoms with Crippen molar-refractivity contribution >= 4 is 17.6 Å². The third kappa shape index (κ3) is 3.17. The minimum atomic E-state index is -0.559. The van der Waals surface area contributed by atoms with E-state index in [1.165, 1.54) is 14.2 Å². The van der Waals surface area contributed by atoms with Crippen LogP contribution >= 0.6 is 0 Å². The minimum absolute atomic E-state index is 0.213. The van der Waals surface area contributed by atoms with E-state index in [0.717, 1.165) is 11.3 Å². The molecule has 2 aromatic rings. The van der Waals surface area contributed by atoms with E-state index in [2.05, 4.69) is 4.74 Å². The zero-order valence-corrected chi connectivity index (χ0v) is 14.3. The van der Waals surface area contributed by atoms with Crippen molar-refractivity contribution in [3.05, 3.63) is 58.7 Å². The molecule has 7 heteroatoms. The first-order valence-electron chi connectivity index (χ1n) is 7.79. The third-order valence-electron chi connectivity index (χ3n) is 4.11. The molecule has 1 aliphatic heterocycles. The number of fused-ring (bicyclic) bond motifs is 1. The highest BCUT2D eigenvalue weighted by atomic mass is 16.5. The van der Waals surface area contributed by atoms with Gasteiger partial charge in [0.1, 0.15) is 11.8 Å². The van der Waals surface area contributed by atoms with Crippen LogP contribution in [-0.2, 0) is 16.0 Å². The van der Waals surface area contributed by atoms with Gasteiger partial charge in [-0.1, -0.05) is 0 Å². The number of methoxy groups -OCH3 is 2. The Balaban J connectivity index is 1.90. The van der Waals surface area contributed by atoms with Crippen molar-refractivity contribution in [1.29, 1.82) is 5.26 Å². The standard InChI is InChI=1S/C19H16N2O5/c1-24-18(22)12-3-6-17-14(7-12)10-21(11-26-17)15-4-5-16(19(23)25-2)13(8-15)9-20/h3-8H,10-11H2,1-2H3. The smallest absolute Gasteiger partial charge is 0.339 e. The van der Waals surface area contributed by atoms with Crippen molar-refractivity contribution < 1.29 is 23.8 Å². The van der Waals surface area contributed by atoms with E-state index in [1.54, 1.807) is 36.4 Å². The summed E-state index contributed by atoms with van der Waals surface area (Å²) in [5.74, 6) is -0.282. The Hall–Kier alpha value is -3.53. The maximum Gasteiger partial charge on any atom is 0.339 e. The van der Waals surface area contributed by atoms with Crippen LogP contribution in [0.5, 0.6) is 5.75 Å². The van der Waals surface area contributed by atoms with Gasteiger partial charge in [-0.05, 0) is 36.4 Å². The molecule has 7 nitrogen and oxygen atoms in total. The second-order valence-electron chi connectivity index (χ2n) is 5.62. The molecule has 0 saturated carbocycles. The highest BCUT2D eigenvalue weighted by Crippen LogP contribution is 2.30. The average Bonchev–Trinajstić information content (AvgIpc) is 2.71. The number of rotatable bonds is 3. The maximum absolute atomic E-state index is 11.7. The summed E-state index contributed by atoms with van der Waals surface area (Å²) in [5, 5.41) is 9.31. The number of nitrogens with zero attached hydrogens (tertiary/aromatic N) is 2. The molecule has 0 fully saturated rings. The molecule has 2 aromatic carbocycles. The summed E-state index contributed by atoms with van der Waals surface area (Å²) in [6.07, 6.45) is 0. The fourth-order valence-electron chi connectivity index (χ4n) is 2.76. The van der Waals surface area contributed by atoms with Gasteiger partial charge in [-0.3, -0.25) is 0 Å². The Morgan fingerprint density at radius 1 is 1.12 bits per heavy atom. The quantitative estimate of drug-likeness (QED) is 0.784. The SMILES string of the molecule is COC(=O)c1ccc2c(c1)CN(c1ccc(C(=O)OC)c(C#N)c1)CO2. The van der Waals surface area contributed by atoms with Gasteiger partial charge in [-0.2, -0.15) is 5.26 Å². The van der Waals surface area contributed by atoms with Crippen molar-refractivity contribution in [3.8, 4) is 11.8 Å². The first-order valence-corrected chi connectivity index (χ1v) is 7.79. The zero-order chi connectivity index (χ0) is 18.7. The number of carbonyl (C=O) groups is 2.